The molecule has 0 spiro atoms. The zero-order valence-electron chi connectivity index (χ0n) is 12.8. The van der Waals surface area contributed by atoms with Crippen molar-refractivity contribution < 1.29 is 9.90 Å². The Morgan fingerprint density at radius 1 is 1.21 bits per heavy atom. The van der Waals surface area contributed by atoms with E-state index in [0.29, 0.717) is 16.8 Å². The Morgan fingerprint density at radius 3 is 2.54 bits per heavy atom. The molecule has 0 aliphatic carbocycles. The first-order valence-corrected chi connectivity index (χ1v) is 7.40. The zero-order chi connectivity index (χ0) is 17.5. The van der Waals surface area contributed by atoms with E-state index in [1.165, 1.54) is 24.4 Å². The van der Waals surface area contributed by atoms with E-state index in [1.807, 2.05) is 0 Å². The molecule has 1 N–H and O–H groups in total. The minimum Gasteiger partial charge on any atom is -0.507 e. The van der Waals surface area contributed by atoms with Crippen molar-refractivity contribution in [3.8, 4) is 0 Å². The molecule has 2 rings (SSSR count). The van der Waals surface area contributed by atoms with Gasteiger partial charge in [0.1, 0.15) is 5.76 Å². The predicted octanol–water partition coefficient (Wildman–Crippen LogP) is 4.58. The van der Waals surface area contributed by atoms with Crippen molar-refractivity contribution in [1.29, 1.82) is 0 Å². The van der Waals surface area contributed by atoms with Gasteiger partial charge < -0.3 is 5.11 Å². The molecule has 0 aromatic carbocycles. The maximum absolute atomic E-state index is 12.7. The number of aliphatic hydroxyl groups excluding tert-OH is 1. The Balaban J connectivity index is 2.48. The summed E-state index contributed by atoms with van der Waals surface area (Å²) in [7, 11) is 0. The van der Waals surface area contributed by atoms with Gasteiger partial charge in [-0.1, -0.05) is 36.9 Å². The van der Waals surface area contributed by atoms with Gasteiger partial charge in [0, 0.05) is 46.4 Å². The van der Waals surface area contributed by atoms with E-state index in [4.69, 9.17) is 11.6 Å². The number of carbonyl (C=O) groups is 1. The lowest BCUT2D eigenvalue weighted by atomic mass is 10.0. The number of nitrogens with zero attached hydrogens (tertiary/aromatic N) is 2. The lowest BCUT2D eigenvalue weighted by molar-refractivity contribution is 0.103. The molecule has 120 valence electrons. The first-order chi connectivity index (χ1) is 11.5. The fourth-order valence-corrected chi connectivity index (χ4v) is 2.16. The zero-order valence-corrected chi connectivity index (χ0v) is 13.6. The second kappa shape index (κ2) is 8.04. The summed E-state index contributed by atoms with van der Waals surface area (Å²) in [4.78, 5) is 20.8. The second-order valence-electron chi connectivity index (χ2n) is 4.75. The standard InChI is InChI=1S/C19H15ClN2O2/c1-3-5-15(13(2)20)19(24)16-6-4-9-22-17(16)12-18(23)14-7-10-21-11-8-14/h3-12,23H,1-2H2/b15-5+,18-12+. The number of hydrogen-bond acceptors (Lipinski definition) is 4. The Kier molecular flexibility index (Phi) is 5.82. The average molecular weight is 339 g/mol. The smallest absolute Gasteiger partial charge is 0.196 e. The molecule has 0 radical (unpaired) electrons. The highest BCUT2D eigenvalue weighted by Crippen LogP contribution is 2.22. The molecule has 5 heteroatoms. The van der Waals surface area contributed by atoms with Crippen LogP contribution in [0.5, 0.6) is 0 Å². The van der Waals surface area contributed by atoms with Gasteiger partial charge in [0.05, 0.1) is 5.69 Å². The van der Waals surface area contributed by atoms with Crippen LogP contribution in [-0.4, -0.2) is 20.9 Å². The van der Waals surface area contributed by atoms with Gasteiger partial charge in [0.15, 0.2) is 5.78 Å². The van der Waals surface area contributed by atoms with E-state index in [9.17, 15) is 9.90 Å². The number of aromatic nitrogens is 2. The molecule has 2 aromatic rings. The van der Waals surface area contributed by atoms with Crippen LogP contribution in [-0.2, 0) is 0 Å². The highest BCUT2D eigenvalue weighted by atomic mass is 35.5. The van der Waals surface area contributed by atoms with Crippen LogP contribution < -0.4 is 0 Å². The topological polar surface area (TPSA) is 63.1 Å². The maximum Gasteiger partial charge on any atom is 0.196 e. The molecule has 2 aromatic heterocycles. The summed E-state index contributed by atoms with van der Waals surface area (Å²) in [6.07, 6.45) is 9.03. The van der Waals surface area contributed by atoms with Crippen LogP contribution in [0.1, 0.15) is 21.6 Å². The number of aliphatic hydroxyl groups is 1. The van der Waals surface area contributed by atoms with Crippen molar-refractivity contribution in [2.45, 2.75) is 0 Å². The third kappa shape index (κ3) is 4.06. The SMILES string of the molecule is C=C/C=C(\C(=C)Cl)C(=O)c1cccnc1/C=C(/O)c1ccncc1. The van der Waals surface area contributed by atoms with Crippen molar-refractivity contribution in [3.05, 3.63) is 95.6 Å². The summed E-state index contributed by atoms with van der Waals surface area (Å²) in [5, 5.41) is 10.3. The van der Waals surface area contributed by atoms with Gasteiger partial charge in [0.2, 0.25) is 0 Å². The molecule has 2 heterocycles. The van der Waals surface area contributed by atoms with Gasteiger partial charge in [-0.15, -0.1) is 0 Å². The molecule has 0 aliphatic rings. The summed E-state index contributed by atoms with van der Waals surface area (Å²) < 4.78 is 0. The minimum absolute atomic E-state index is 0.0240. The molecule has 0 aliphatic heterocycles. The largest absolute Gasteiger partial charge is 0.507 e. The molecule has 4 nitrogen and oxygen atoms in total. The Hall–Kier alpha value is -2.98. The number of rotatable bonds is 6. The summed E-state index contributed by atoms with van der Waals surface area (Å²) >= 11 is 5.90. The number of pyridine rings is 2. The highest BCUT2D eigenvalue weighted by molar-refractivity contribution is 6.36. The van der Waals surface area contributed by atoms with Crippen molar-refractivity contribution >= 4 is 29.2 Å². The van der Waals surface area contributed by atoms with Gasteiger partial charge in [-0.25, -0.2) is 0 Å². The van der Waals surface area contributed by atoms with Crippen molar-refractivity contribution in [3.63, 3.8) is 0 Å². The van der Waals surface area contributed by atoms with Crippen LogP contribution in [0.4, 0.5) is 0 Å². The summed E-state index contributed by atoms with van der Waals surface area (Å²) in [6, 6.07) is 6.55. The third-order valence-corrected chi connectivity index (χ3v) is 3.36. The first-order valence-electron chi connectivity index (χ1n) is 7.03. The summed E-state index contributed by atoms with van der Waals surface area (Å²) in [5.41, 5.74) is 1.41. The van der Waals surface area contributed by atoms with Crippen LogP contribution in [0.2, 0.25) is 0 Å². The molecule has 0 bridgehead atoms. The van der Waals surface area contributed by atoms with Crippen molar-refractivity contribution in [1.82, 2.24) is 9.97 Å². The van der Waals surface area contributed by atoms with Crippen molar-refractivity contribution in [2.75, 3.05) is 0 Å². The van der Waals surface area contributed by atoms with Gasteiger partial charge in [-0.2, -0.15) is 0 Å². The lowest BCUT2D eigenvalue weighted by Crippen LogP contribution is -2.07. The molecule has 0 atom stereocenters. The van der Waals surface area contributed by atoms with E-state index in [2.05, 4.69) is 23.1 Å². The van der Waals surface area contributed by atoms with Crippen LogP contribution in [0.25, 0.3) is 11.8 Å². The minimum atomic E-state index is -0.350. The summed E-state index contributed by atoms with van der Waals surface area (Å²) in [6.45, 7) is 7.16. The quantitative estimate of drug-likeness (QED) is 0.362. The average Bonchev–Trinajstić information content (AvgIpc) is 2.60. The second-order valence-corrected chi connectivity index (χ2v) is 5.21. The fourth-order valence-electron chi connectivity index (χ4n) is 2.01. The number of ketones is 1. The van der Waals surface area contributed by atoms with E-state index in [-0.39, 0.29) is 22.1 Å². The normalized spacial score (nSPS) is 11.9. The molecular weight excluding hydrogens is 324 g/mol. The third-order valence-electron chi connectivity index (χ3n) is 3.15. The Bertz CT molecular complexity index is 839. The van der Waals surface area contributed by atoms with Crippen molar-refractivity contribution in [2.24, 2.45) is 0 Å². The lowest BCUT2D eigenvalue weighted by Gasteiger charge is -2.08. The van der Waals surface area contributed by atoms with Gasteiger partial charge in [-0.05, 0) is 24.3 Å². The molecule has 0 fully saturated rings. The van der Waals surface area contributed by atoms with Gasteiger partial charge in [0.25, 0.3) is 0 Å². The molecule has 0 saturated carbocycles. The fraction of sp³-hybridized carbons (Fsp3) is 0. The highest BCUT2D eigenvalue weighted by Gasteiger charge is 2.17. The van der Waals surface area contributed by atoms with Gasteiger partial charge >= 0.3 is 0 Å². The van der Waals surface area contributed by atoms with Crippen LogP contribution in [0.15, 0.2) is 78.8 Å². The number of halogens is 1. The van der Waals surface area contributed by atoms with E-state index < -0.39 is 0 Å². The predicted molar refractivity (Wildman–Crippen MR) is 96.6 cm³/mol. The molecule has 0 unspecified atom stereocenters. The molecule has 0 amide bonds. The maximum atomic E-state index is 12.7. The van der Waals surface area contributed by atoms with E-state index in [1.54, 1.807) is 36.7 Å². The number of Topliss-reactive ketones (excluding diaryl/α,β-unsaturated/α-hetero) is 1. The summed E-state index contributed by atoms with van der Waals surface area (Å²) in [5.74, 6) is -0.374. The van der Waals surface area contributed by atoms with E-state index >= 15 is 0 Å². The van der Waals surface area contributed by atoms with Gasteiger partial charge in [-0.3, -0.25) is 14.8 Å². The molecule has 24 heavy (non-hydrogen) atoms. The number of hydrogen-bond donors (Lipinski definition) is 1. The Labute approximate surface area is 145 Å². The first kappa shape index (κ1) is 17.4. The molecular formula is C19H15ClN2O2. The van der Waals surface area contributed by atoms with Crippen LogP contribution in [0.3, 0.4) is 0 Å². The number of allylic oxidation sites excluding steroid dienone is 4. The van der Waals surface area contributed by atoms with Crippen LogP contribution in [0, 0.1) is 0 Å². The molecule has 0 saturated heterocycles. The monoisotopic (exact) mass is 338 g/mol. The Morgan fingerprint density at radius 2 is 1.92 bits per heavy atom. The van der Waals surface area contributed by atoms with E-state index in [0.717, 1.165) is 0 Å². The number of carbonyl (C=O) groups excluding carboxylic acids is 1. The van der Waals surface area contributed by atoms with Crippen LogP contribution >= 0.6 is 11.6 Å².